The smallest absolute Gasteiger partial charge is 0.309 e. The maximum atomic E-state index is 10.9. The first kappa shape index (κ1) is 11.5. The van der Waals surface area contributed by atoms with Crippen LogP contribution in [-0.4, -0.2) is 23.2 Å². The van der Waals surface area contributed by atoms with E-state index in [0.29, 0.717) is 12.2 Å². The molecule has 0 aliphatic carbocycles. The second-order valence-electron chi connectivity index (χ2n) is 4.06. The van der Waals surface area contributed by atoms with Gasteiger partial charge in [0.25, 0.3) is 0 Å². The van der Waals surface area contributed by atoms with Gasteiger partial charge in [0.05, 0.1) is 18.7 Å². The van der Waals surface area contributed by atoms with Gasteiger partial charge in [0.2, 0.25) is 0 Å². The molecule has 82 valence electrons. The van der Waals surface area contributed by atoms with E-state index in [4.69, 9.17) is 9.84 Å². The monoisotopic (exact) mass is 209 g/mol. The van der Waals surface area contributed by atoms with E-state index in [1.54, 1.807) is 39.3 Å². The minimum absolute atomic E-state index is 0.409. The number of carboxylic acid groups (broad SMARTS) is 1. The third-order valence-corrected chi connectivity index (χ3v) is 2.24. The SMILES string of the molecule is COc1ccc(CC(C)(C)C(=O)O)nc1. The normalized spacial score (nSPS) is 11.1. The van der Waals surface area contributed by atoms with Crippen molar-refractivity contribution in [2.75, 3.05) is 7.11 Å². The van der Waals surface area contributed by atoms with Gasteiger partial charge < -0.3 is 9.84 Å². The molecule has 0 amide bonds. The van der Waals surface area contributed by atoms with Gasteiger partial charge in [-0.1, -0.05) is 0 Å². The van der Waals surface area contributed by atoms with E-state index in [-0.39, 0.29) is 0 Å². The van der Waals surface area contributed by atoms with Gasteiger partial charge in [-0.2, -0.15) is 0 Å². The molecule has 1 aromatic rings. The number of rotatable bonds is 4. The van der Waals surface area contributed by atoms with Crippen molar-refractivity contribution in [3.63, 3.8) is 0 Å². The van der Waals surface area contributed by atoms with Crippen LogP contribution in [0.3, 0.4) is 0 Å². The van der Waals surface area contributed by atoms with Crippen molar-refractivity contribution in [2.24, 2.45) is 5.41 Å². The number of carbonyl (C=O) groups is 1. The molecule has 1 N–H and O–H groups in total. The highest BCUT2D eigenvalue weighted by atomic mass is 16.5. The van der Waals surface area contributed by atoms with Crippen LogP contribution in [-0.2, 0) is 11.2 Å². The van der Waals surface area contributed by atoms with Crippen molar-refractivity contribution in [1.82, 2.24) is 4.98 Å². The average molecular weight is 209 g/mol. The molecule has 15 heavy (non-hydrogen) atoms. The third-order valence-electron chi connectivity index (χ3n) is 2.24. The van der Waals surface area contributed by atoms with Gasteiger partial charge in [0.1, 0.15) is 5.75 Å². The van der Waals surface area contributed by atoms with Crippen LogP contribution in [0.1, 0.15) is 19.5 Å². The maximum absolute atomic E-state index is 10.9. The van der Waals surface area contributed by atoms with Gasteiger partial charge in [-0.15, -0.1) is 0 Å². The lowest BCUT2D eigenvalue weighted by Gasteiger charge is -2.18. The summed E-state index contributed by atoms with van der Waals surface area (Å²) in [6, 6.07) is 3.56. The zero-order valence-electron chi connectivity index (χ0n) is 9.15. The zero-order valence-corrected chi connectivity index (χ0v) is 9.15. The fourth-order valence-electron chi connectivity index (χ4n) is 1.16. The molecule has 0 aliphatic rings. The highest BCUT2D eigenvalue weighted by Crippen LogP contribution is 2.21. The molecular formula is C11H15NO3. The van der Waals surface area contributed by atoms with Crippen molar-refractivity contribution >= 4 is 5.97 Å². The van der Waals surface area contributed by atoms with Gasteiger partial charge in [-0.05, 0) is 26.0 Å². The van der Waals surface area contributed by atoms with E-state index in [1.807, 2.05) is 0 Å². The Kier molecular flexibility index (Phi) is 3.29. The minimum atomic E-state index is -0.819. The Labute approximate surface area is 88.9 Å². The molecule has 0 saturated heterocycles. The molecule has 0 saturated carbocycles. The van der Waals surface area contributed by atoms with Crippen molar-refractivity contribution in [3.8, 4) is 5.75 Å². The Morgan fingerprint density at radius 2 is 2.20 bits per heavy atom. The molecule has 0 spiro atoms. The largest absolute Gasteiger partial charge is 0.495 e. The number of hydrogen-bond donors (Lipinski definition) is 1. The predicted molar refractivity (Wildman–Crippen MR) is 55.9 cm³/mol. The number of ether oxygens (including phenoxy) is 1. The number of carboxylic acids is 1. The molecule has 0 atom stereocenters. The average Bonchev–Trinajstić information content (AvgIpc) is 2.18. The first-order valence-corrected chi connectivity index (χ1v) is 4.68. The molecule has 4 heteroatoms. The lowest BCUT2D eigenvalue weighted by Crippen LogP contribution is -2.26. The van der Waals surface area contributed by atoms with Crippen LogP contribution in [0.2, 0.25) is 0 Å². The summed E-state index contributed by atoms with van der Waals surface area (Å²) in [5.74, 6) is -0.146. The summed E-state index contributed by atoms with van der Waals surface area (Å²) in [5, 5.41) is 8.95. The summed E-state index contributed by atoms with van der Waals surface area (Å²) < 4.78 is 4.97. The topological polar surface area (TPSA) is 59.4 Å². The Balaban J connectivity index is 2.77. The van der Waals surface area contributed by atoms with Crippen LogP contribution < -0.4 is 4.74 Å². The fraction of sp³-hybridized carbons (Fsp3) is 0.455. The van der Waals surface area contributed by atoms with Gasteiger partial charge in [-0.25, -0.2) is 0 Å². The Bertz CT molecular complexity index is 343. The standard InChI is InChI=1S/C11H15NO3/c1-11(2,10(13)14)6-8-4-5-9(15-3)7-12-8/h4-5,7H,6H2,1-3H3,(H,13,14). The van der Waals surface area contributed by atoms with Crippen LogP contribution in [0.15, 0.2) is 18.3 Å². The van der Waals surface area contributed by atoms with Gasteiger partial charge >= 0.3 is 5.97 Å². The molecule has 1 rings (SSSR count). The molecule has 1 aromatic heterocycles. The van der Waals surface area contributed by atoms with E-state index in [9.17, 15) is 4.79 Å². The lowest BCUT2D eigenvalue weighted by atomic mass is 9.88. The molecule has 0 fully saturated rings. The van der Waals surface area contributed by atoms with Crippen LogP contribution >= 0.6 is 0 Å². The molecule has 0 aromatic carbocycles. The van der Waals surface area contributed by atoms with Crippen molar-refractivity contribution in [2.45, 2.75) is 20.3 Å². The quantitative estimate of drug-likeness (QED) is 0.820. The predicted octanol–water partition coefficient (Wildman–Crippen LogP) is 1.74. The zero-order chi connectivity index (χ0) is 11.5. The summed E-state index contributed by atoms with van der Waals surface area (Å²) in [6.45, 7) is 3.36. The molecule has 0 bridgehead atoms. The van der Waals surface area contributed by atoms with E-state index in [1.165, 1.54) is 0 Å². The second-order valence-corrected chi connectivity index (χ2v) is 4.06. The van der Waals surface area contributed by atoms with Gasteiger partial charge in [0, 0.05) is 12.1 Å². The molecular weight excluding hydrogens is 194 g/mol. The lowest BCUT2D eigenvalue weighted by molar-refractivity contribution is -0.146. The summed E-state index contributed by atoms with van der Waals surface area (Å²) in [5.41, 5.74) is -0.0371. The number of nitrogens with zero attached hydrogens (tertiary/aromatic N) is 1. The van der Waals surface area contributed by atoms with Crippen molar-refractivity contribution in [1.29, 1.82) is 0 Å². The molecule has 0 unspecified atom stereocenters. The number of methoxy groups -OCH3 is 1. The fourth-order valence-corrected chi connectivity index (χ4v) is 1.16. The maximum Gasteiger partial charge on any atom is 0.309 e. The Morgan fingerprint density at radius 3 is 2.60 bits per heavy atom. The molecule has 0 radical (unpaired) electrons. The van der Waals surface area contributed by atoms with Gasteiger partial charge in [0.15, 0.2) is 0 Å². The Hall–Kier alpha value is -1.58. The summed E-state index contributed by atoms with van der Waals surface area (Å²) >= 11 is 0. The highest BCUT2D eigenvalue weighted by Gasteiger charge is 2.27. The van der Waals surface area contributed by atoms with Gasteiger partial charge in [-0.3, -0.25) is 9.78 Å². The van der Waals surface area contributed by atoms with Crippen LogP contribution in [0.25, 0.3) is 0 Å². The number of aromatic nitrogens is 1. The van der Waals surface area contributed by atoms with Crippen LogP contribution in [0.4, 0.5) is 0 Å². The van der Waals surface area contributed by atoms with E-state index < -0.39 is 11.4 Å². The van der Waals surface area contributed by atoms with Crippen LogP contribution in [0, 0.1) is 5.41 Å². The van der Waals surface area contributed by atoms with E-state index in [2.05, 4.69) is 4.98 Å². The summed E-state index contributed by atoms with van der Waals surface area (Å²) in [6.07, 6.45) is 2.00. The number of hydrogen-bond acceptors (Lipinski definition) is 3. The first-order valence-electron chi connectivity index (χ1n) is 4.68. The van der Waals surface area contributed by atoms with E-state index in [0.717, 1.165) is 5.69 Å². The van der Waals surface area contributed by atoms with Crippen molar-refractivity contribution < 1.29 is 14.6 Å². The summed E-state index contributed by atoms with van der Waals surface area (Å²) in [7, 11) is 1.57. The third kappa shape index (κ3) is 2.94. The first-order chi connectivity index (χ1) is 6.95. The highest BCUT2D eigenvalue weighted by molar-refractivity contribution is 5.73. The molecule has 1 heterocycles. The number of pyridine rings is 1. The number of aliphatic carboxylic acids is 1. The summed E-state index contributed by atoms with van der Waals surface area (Å²) in [4.78, 5) is 15.0. The second kappa shape index (κ2) is 4.29. The van der Waals surface area contributed by atoms with Crippen molar-refractivity contribution in [3.05, 3.63) is 24.0 Å². The molecule has 0 aliphatic heterocycles. The molecule has 4 nitrogen and oxygen atoms in total. The van der Waals surface area contributed by atoms with Crippen LogP contribution in [0.5, 0.6) is 5.75 Å². The minimum Gasteiger partial charge on any atom is -0.495 e. The Morgan fingerprint density at radius 1 is 1.53 bits per heavy atom. The van der Waals surface area contributed by atoms with E-state index >= 15 is 0 Å².